The molecule has 0 unspecified atom stereocenters. The maximum absolute atomic E-state index is 12.6. The first-order chi connectivity index (χ1) is 13.0. The van der Waals surface area contributed by atoms with Crippen molar-refractivity contribution in [1.29, 1.82) is 0 Å². The lowest BCUT2D eigenvalue weighted by molar-refractivity contribution is -0.139. The zero-order chi connectivity index (χ0) is 19.8. The van der Waals surface area contributed by atoms with Crippen LogP contribution in [0.25, 0.3) is 0 Å². The minimum Gasteiger partial charge on any atom is -0.493 e. The number of carbonyl (C=O) groups is 2. The van der Waals surface area contributed by atoms with Gasteiger partial charge >= 0.3 is 5.97 Å². The van der Waals surface area contributed by atoms with Crippen LogP contribution in [0.1, 0.15) is 15.9 Å². The maximum Gasteiger partial charge on any atom is 0.341 e. The van der Waals surface area contributed by atoms with E-state index in [9.17, 15) is 9.59 Å². The van der Waals surface area contributed by atoms with Crippen LogP contribution >= 0.6 is 0 Å². The second-order valence-electron chi connectivity index (χ2n) is 5.39. The highest BCUT2D eigenvalue weighted by Gasteiger charge is 2.20. The maximum atomic E-state index is 12.6. The molecule has 27 heavy (non-hydrogen) atoms. The van der Waals surface area contributed by atoms with Crippen LogP contribution in [0, 0.1) is 0 Å². The summed E-state index contributed by atoms with van der Waals surface area (Å²) >= 11 is 0. The van der Waals surface area contributed by atoms with E-state index in [0.717, 1.165) is 5.56 Å². The van der Waals surface area contributed by atoms with Gasteiger partial charge in [0.15, 0.2) is 18.1 Å². The molecule has 2 rings (SSSR count). The minimum atomic E-state index is -1.06. The summed E-state index contributed by atoms with van der Waals surface area (Å²) in [6.45, 7) is -0.209. The van der Waals surface area contributed by atoms with Gasteiger partial charge in [0.1, 0.15) is 5.75 Å². The van der Waals surface area contributed by atoms with E-state index in [1.54, 1.807) is 36.4 Å². The summed E-state index contributed by atoms with van der Waals surface area (Å²) < 4.78 is 20.9. The van der Waals surface area contributed by atoms with Gasteiger partial charge in [-0.25, -0.2) is 4.79 Å². The lowest BCUT2D eigenvalue weighted by Gasteiger charge is -2.15. The van der Waals surface area contributed by atoms with Crippen LogP contribution in [0.4, 0.5) is 0 Å². The number of amides is 1. The molecule has 0 aromatic heterocycles. The highest BCUT2D eigenvalue weighted by atomic mass is 16.5. The molecule has 1 amide bonds. The Kier molecular flexibility index (Phi) is 6.87. The molecule has 0 radical (unpaired) electrons. The fourth-order valence-corrected chi connectivity index (χ4v) is 2.45. The highest BCUT2D eigenvalue weighted by Crippen LogP contribution is 2.39. The average molecular weight is 375 g/mol. The van der Waals surface area contributed by atoms with E-state index < -0.39 is 12.6 Å². The van der Waals surface area contributed by atoms with Gasteiger partial charge in [-0.2, -0.15) is 0 Å². The van der Waals surface area contributed by atoms with Crippen molar-refractivity contribution in [2.75, 3.05) is 27.9 Å². The Morgan fingerprint density at radius 1 is 1.00 bits per heavy atom. The number of carboxylic acids is 1. The Labute approximate surface area is 156 Å². The van der Waals surface area contributed by atoms with Crippen molar-refractivity contribution in [3.05, 3.63) is 47.5 Å². The SMILES string of the molecule is COc1ccc(C(=O)NCc2cccc(OCC(=O)O)c2)c(OC)c1OC. The van der Waals surface area contributed by atoms with Gasteiger partial charge in [-0.15, -0.1) is 0 Å². The fraction of sp³-hybridized carbons (Fsp3) is 0.263. The van der Waals surface area contributed by atoms with Crippen molar-refractivity contribution in [3.63, 3.8) is 0 Å². The molecule has 0 aliphatic heterocycles. The second-order valence-corrected chi connectivity index (χ2v) is 5.39. The monoisotopic (exact) mass is 375 g/mol. The van der Waals surface area contributed by atoms with Crippen molar-refractivity contribution >= 4 is 11.9 Å². The molecule has 0 saturated heterocycles. The summed E-state index contributed by atoms with van der Waals surface area (Å²) in [5.74, 6) is 0.0468. The van der Waals surface area contributed by atoms with E-state index in [4.69, 9.17) is 24.1 Å². The van der Waals surface area contributed by atoms with Crippen LogP contribution in [0.15, 0.2) is 36.4 Å². The van der Waals surface area contributed by atoms with Gasteiger partial charge in [0.2, 0.25) is 5.75 Å². The van der Waals surface area contributed by atoms with Crippen LogP contribution in [0.5, 0.6) is 23.0 Å². The molecule has 0 heterocycles. The largest absolute Gasteiger partial charge is 0.493 e. The highest BCUT2D eigenvalue weighted by molar-refractivity contribution is 5.98. The van der Waals surface area contributed by atoms with Gasteiger partial charge in [0.05, 0.1) is 26.9 Å². The van der Waals surface area contributed by atoms with Crippen LogP contribution in [-0.2, 0) is 11.3 Å². The summed E-state index contributed by atoms with van der Waals surface area (Å²) in [4.78, 5) is 23.1. The third-order valence-electron chi connectivity index (χ3n) is 3.66. The van der Waals surface area contributed by atoms with Crippen molar-refractivity contribution < 1.29 is 33.6 Å². The molecule has 8 nitrogen and oxygen atoms in total. The number of rotatable bonds is 9. The first-order valence-corrected chi connectivity index (χ1v) is 8.00. The smallest absolute Gasteiger partial charge is 0.341 e. The lowest BCUT2D eigenvalue weighted by Crippen LogP contribution is -2.23. The van der Waals surface area contributed by atoms with Crippen molar-refractivity contribution in [1.82, 2.24) is 5.32 Å². The molecule has 2 aromatic carbocycles. The fourth-order valence-electron chi connectivity index (χ4n) is 2.45. The molecule has 144 valence electrons. The van der Waals surface area contributed by atoms with Crippen LogP contribution in [-0.4, -0.2) is 44.9 Å². The van der Waals surface area contributed by atoms with Crippen LogP contribution < -0.4 is 24.3 Å². The summed E-state index contributed by atoms with van der Waals surface area (Å²) in [6, 6.07) is 10.0. The van der Waals surface area contributed by atoms with Gasteiger partial charge in [-0.1, -0.05) is 12.1 Å². The Balaban J connectivity index is 2.12. The topological polar surface area (TPSA) is 103 Å². The molecule has 0 atom stereocenters. The molecule has 0 aliphatic carbocycles. The molecule has 2 N–H and O–H groups in total. The van der Waals surface area contributed by atoms with Gasteiger partial charge in [0, 0.05) is 6.54 Å². The molecule has 0 fully saturated rings. The summed E-state index contributed by atoms with van der Waals surface area (Å²) in [5.41, 5.74) is 1.05. The number of nitrogens with one attached hydrogen (secondary N) is 1. The molecule has 8 heteroatoms. The van der Waals surface area contributed by atoms with E-state index in [-0.39, 0.29) is 18.2 Å². The number of aliphatic carboxylic acids is 1. The Morgan fingerprint density at radius 2 is 1.74 bits per heavy atom. The average Bonchev–Trinajstić information content (AvgIpc) is 2.69. The standard InChI is InChI=1S/C19H21NO7/c1-24-15-8-7-14(17(25-2)18(15)26-3)19(23)20-10-12-5-4-6-13(9-12)27-11-16(21)22/h4-9H,10-11H2,1-3H3,(H,20,23)(H,21,22). The number of carboxylic acid groups (broad SMARTS) is 1. The predicted molar refractivity (Wildman–Crippen MR) is 96.8 cm³/mol. The number of carbonyl (C=O) groups excluding carboxylic acids is 1. The van der Waals surface area contributed by atoms with Gasteiger partial charge in [-0.05, 0) is 29.8 Å². The molecular formula is C19H21NO7. The number of ether oxygens (including phenoxy) is 4. The number of hydrogen-bond donors (Lipinski definition) is 2. The zero-order valence-electron chi connectivity index (χ0n) is 15.3. The number of hydrogen-bond acceptors (Lipinski definition) is 6. The van der Waals surface area contributed by atoms with E-state index in [2.05, 4.69) is 5.32 Å². The molecule has 0 spiro atoms. The third kappa shape index (κ3) is 5.04. The number of benzene rings is 2. The molecule has 2 aromatic rings. The minimum absolute atomic E-state index is 0.223. The Bertz CT molecular complexity index is 820. The predicted octanol–water partition coefficient (Wildman–Crippen LogP) is 2.11. The second kappa shape index (κ2) is 9.33. The van der Waals surface area contributed by atoms with Crippen molar-refractivity contribution in [2.24, 2.45) is 0 Å². The first-order valence-electron chi connectivity index (χ1n) is 8.00. The molecule has 0 aliphatic rings. The summed E-state index contributed by atoms with van der Waals surface area (Å²) in [6.07, 6.45) is 0. The van der Waals surface area contributed by atoms with E-state index in [1.807, 2.05) is 0 Å². The zero-order valence-corrected chi connectivity index (χ0v) is 15.3. The first kappa shape index (κ1) is 19.9. The Morgan fingerprint density at radius 3 is 2.37 bits per heavy atom. The quantitative estimate of drug-likeness (QED) is 0.692. The molecule has 0 saturated carbocycles. The number of methoxy groups -OCH3 is 3. The van der Waals surface area contributed by atoms with Gasteiger partial charge in [0.25, 0.3) is 5.91 Å². The molecule has 0 bridgehead atoms. The van der Waals surface area contributed by atoms with Crippen LogP contribution in [0.2, 0.25) is 0 Å². The normalized spacial score (nSPS) is 10.0. The van der Waals surface area contributed by atoms with E-state index in [1.165, 1.54) is 21.3 Å². The van der Waals surface area contributed by atoms with E-state index >= 15 is 0 Å². The van der Waals surface area contributed by atoms with Crippen molar-refractivity contribution in [2.45, 2.75) is 6.54 Å². The molecular weight excluding hydrogens is 354 g/mol. The van der Waals surface area contributed by atoms with Crippen LogP contribution in [0.3, 0.4) is 0 Å². The van der Waals surface area contributed by atoms with Gasteiger partial charge in [-0.3, -0.25) is 4.79 Å². The van der Waals surface area contributed by atoms with Crippen molar-refractivity contribution in [3.8, 4) is 23.0 Å². The summed E-state index contributed by atoms with van der Waals surface area (Å²) in [5, 5.41) is 11.4. The lowest BCUT2D eigenvalue weighted by atomic mass is 10.1. The summed E-state index contributed by atoms with van der Waals surface area (Å²) in [7, 11) is 4.40. The third-order valence-corrected chi connectivity index (χ3v) is 3.66. The van der Waals surface area contributed by atoms with Gasteiger partial charge < -0.3 is 29.4 Å². The Hall–Kier alpha value is -3.42. The van der Waals surface area contributed by atoms with E-state index in [0.29, 0.717) is 22.8 Å².